The van der Waals surface area contributed by atoms with E-state index in [2.05, 4.69) is 10.3 Å². The minimum Gasteiger partial charge on any atom is -0.480 e. The molecule has 0 atom stereocenters. The Morgan fingerprint density at radius 2 is 2.54 bits per heavy atom. The molecule has 0 aliphatic carbocycles. The van der Waals surface area contributed by atoms with Gasteiger partial charge in [0.15, 0.2) is 0 Å². The van der Waals surface area contributed by atoms with E-state index in [4.69, 9.17) is 16.7 Å². The van der Waals surface area contributed by atoms with E-state index >= 15 is 0 Å². The van der Waals surface area contributed by atoms with Gasteiger partial charge < -0.3 is 9.67 Å². The molecule has 0 saturated heterocycles. The largest absolute Gasteiger partial charge is 0.480 e. The van der Waals surface area contributed by atoms with Crippen LogP contribution in [0.2, 0.25) is 5.15 Å². The normalized spacial score (nSPS) is 10.3. The number of carbonyl (C=O) groups is 1. The molecule has 6 heteroatoms. The first-order valence-electron chi connectivity index (χ1n) is 3.70. The van der Waals surface area contributed by atoms with Gasteiger partial charge in [0.25, 0.3) is 0 Å². The Hall–Kier alpha value is -1.07. The Morgan fingerprint density at radius 3 is 3.00 bits per heavy atom. The van der Waals surface area contributed by atoms with Crippen LogP contribution in [0.1, 0.15) is 5.82 Å². The number of rotatable bonds is 4. The number of carboxylic acid groups (broad SMARTS) is 1. The first-order valence-corrected chi connectivity index (χ1v) is 4.07. The highest BCUT2D eigenvalue weighted by Gasteiger charge is 2.04. The number of carboxylic acids is 1. The molecule has 0 aliphatic rings. The van der Waals surface area contributed by atoms with E-state index in [0.29, 0.717) is 17.5 Å². The van der Waals surface area contributed by atoms with Crippen molar-refractivity contribution in [1.29, 1.82) is 0 Å². The van der Waals surface area contributed by atoms with Crippen LogP contribution in [0, 0.1) is 0 Å². The molecule has 0 unspecified atom stereocenters. The molecule has 2 N–H and O–H groups in total. The molecule has 1 rings (SSSR count). The second kappa shape index (κ2) is 4.25. The van der Waals surface area contributed by atoms with Crippen molar-refractivity contribution in [3.05, 3.63) is 17.2 Å². The smallest absolute Gasteiger partial charge is 0.317 e. The summed E-state index contributed by atoms with van der Waals surface area (Å²) in [5, 5.41) is 11.6. The number of halogens is 1. The van der Waals surface area contributed by atoms with Gasteiger partial charge in [0.05, 0.1) is 19.3 Å². The maximum Gasteiger partial charge on any atom is 0.317 e. The summed E-state index contributed by atoms with van der Waals surface area (Å²) in [4.78, 5) is 14.2. The Bertz CT molecular complexity index is 311. The summed E-state index contributed by atoms with van der Waals surface area (Å²) >= 11 is 5.73. The molecule has 0 aliphatic heterocycles. The number of imidazole rings is 1. The fourth-order valence-corrected chi connectivity index (χ4v) is 1.02. The number of nitrogens with zero attached hydrogens (tertiary/aromatic N) is 2. The number of aliphatic carboxylic acids is 1. The lowest BCUT2D eigenvalue weighted by atomic mass is 10.5. The number of hydrogen-bond acceptors (Lipinski definition) is 3. The lowest BCUT2D eigenvalue weighted by Gasteiger charge is -2.02. The summed E-state index contributed by atoms with van der Waals surface area (Å²) in [6.07, 6.45) is 1.53. The molecule has 0 amide bonds. The molecular formula is C7H10ClN3O2. The zero-order chi connectivity index (χ0) is 9.84. The lowest BCUT2D eigenvalue weighted by Crippen LogP contribution is -2.23. The van der Waals surface area contributed by atoms with Crippen LogP contribution in [-0.2, 0) is 18.4 Å². The van der Waals surface area contributed by atoms with Crippen molar-refractivity contribution in [2.45, 2.75) is 6.54 Å². The summed E-state index contributed by atoms with van der Waals surface area (Å²) in [7, 11) is 1.77. The zero-order valence-electron chi connectivity index (χ0n) is 7.12. The van der Waals surface area contributed by atoms with Gasteiger partial charge in [-0.3, -0.25) is 10.1 Å². The van der Waals surface area contributed by atoms with E-state index in [-0.39, 0.29) is 6.54 Å². The predicted octanol–water partition coefficient (Wildman–Crippen LogP) is 0.248. The highest BCUT2D eigenvalue weighted by Crippen LogP contribution is 2.08. The van der Waals surface area contributed by atoms with Gasteiger partial charge >= 0.3 is 5.97 Å². The molecule has 72 valence electrons. The van der Waals surface area contributed by atoms with Crippen molar-refractivity contribution in [3.63, 3.8) is 0 Å². The predicted molar refractivity (Wildman–Crippen MR) is 47.6 cm³/mol. The van der Waals surface area contributed by atoms with Crippen molar-refractivity contribution < 1.29 is 9.90 Å². The van der Waals surface area contributed by atoms with Crippen molar-refractivity contribution in [3.8, 4) is 0 Å². The molecule has 0 saturated carbocycles. The highest BCUT2D eigenvalue weighted by molar-refractivity contribution is 6.29. The fourth-order valence-electron chi connectivity index (χ4n) is 0.870. The first-order chi connectivity index (χ1) is 6.11. The van der Waals surface area contributed by atoms with E-state index < -0.39 is 5.97 Å². The van der Waals surface area contributed by atoms with Crippen molar-refractivity contribution in [2.75, 3.05) is 6.54 Å². The Labute approximate surface area is 80.3 Å². The van der Waals surface area contributed by atoms with Crippen LogP contribution in [0.5, 0.6) is 0 Å². The van der Waals surface area contributed by atoms with Gasteiger partial charge in [-0.2, -0.15) is 0 Å². The van der Waals surface area contributed by atoms with Gasteiger partial charge in [0.1, 0.15) is 11.0 Å². The molecule has 0 bridgehead atoms. The van der Waals surface area contributed by atoms with Crippen LogP contribution in [-0.4, -0.2) is 27.2 Å². The van der Waals surface area contributed by atoms with E-state index in [0.717, 1.165) is 0 Å². The minimum atomic E-state index is -0.889. The maximum absolute atomic E-state index is 10.2. The average molecular weight is 204 g/mol. The van der Waals surface area contributed by atoms with Crippen molar-refractivity contribution >= 4 is 17.6 Å². The molecule has 13 heavy (non-hydrogen) atoms. The van der Waals surface area contributed by atoms with Crippen LogP contribution in [0.15, 0.2) is 6.20 Å². The lowest BCUT2D eigenvalue weighted by molar-refractivity contribution is -0.136. The topological polar surface area (TPSA) is 67.2 Å². The number of hydrogen-bond donors (Lipinski definition) is 2. The average Bonchev–Trinajstić information content (AvgIpc) is 2.35. The first kappa shape index (κ1) is 10.0. The molecule has 1 heterocycles. The molecule has 0 spiro atoms. The Kier molecular flexibility index (Phi) is 3.27. The maximum atomic E-state index is 10.2. The van der Waals surface area contributed by atoms with E-state index in [1.54, 1.807) is 11.6 Å². The second-order valence-electron chi connectivity index (χ2n) is 2.55. The van der Waals surface area contributed by atoms with Gasteiger partial charge in [0.2, 0.25) is 0 Å². The van der Waals surface area contributed by atoms with Gasteiger partial charge in [-0.15, -0.1) is 0 Å². The number of aromatic nitrogens is 2. The van der Waals surface area contributed by atoms with Crippen molar-refractivity contribution in [2.24, 2.45) is 7.05 Å². The van der Waals surface area contributed by atoms with E-state index in [1.807, 2.05) is 0 Å². The fraction of sp³-hybridized carbons (Fsp3) is 0.429. The van der Waals surface area contributed by atoms with E-state index in [1.165, 1.54) is 6.20 Å². The van der Waals surface area contributed by atoms with Crippen LogP contribution in [0.3, 0.4) is 0 Å². The van der Waals surface area contributed by atoms with Crippen LogP contribution in [0.4, 0.5) is 0 Å². The summed E-state index contributed by atoms with van der Waals surface area (Å²) in [5.74, 6) is -0.174. The third kappa shape index (κ3) is 2.71. The molecule has 0 radical (unpaired) electrons. The quantitative estimate of drug-likeness (QED) is 0.736. The molecule has 0 aromatic carbocycles. The van der Waals surface area contributed by atoms with Crippen LogP contribution < -0.4 is 5.32 Å². The summed E-state index contributed by atoms with van der Waals surface area (Å²) in [6.45, 7) is 0.319. The summed E-state index contributed by atoms with van der Waals surface area (Å²) < 4.78 is 1.69. The van der Waals surface area contributed by atoms with Crippen LogP contribution >= 0.6 is 11.6 Å². The van der Waals surface area contributed by atoms with Gasteiger partial charge in [-0.05, 0) is 0 Å². The second-order valence-corrected chi connectivity index (χ2v) is 2.94. The Balaban J connectivity index is 2.45. The van der Waals surface area contributed by atoms with Gasteiger partial charge in [-0.25, -0.2) is 4.98 Å². The third-order valence-electron chi connectivity index (χ3n) is 1.59. The number of nitrogens with one attached hydrogen (secondary N) is 1. The van der Waals surface area contributed by atoms with E-state index in [9.17, 15) is 4.79 Å². The molecule has 5 nitrogen and oxygen atoms in total. The van der Waals surface area contributed by atoms with Gasteiger partial charge in [-0.1, -0.05) is 11.6 Å². The molecule has 1 aromatic rings. The molecule has 0 fully saturated rings. The molecular weight excluding hydrogens is 194 g/mol. The third-order valence-corrected chi connectivity index (χ3v) is 1.94. The SMILES string of the molecule is Cn1c(Cl)cnc1CNCC(=O)O. The minimum absolute atomic E-state index is 0.0789. The summed E-state index contributed by atoms with van der Waals surface area (Å²) in [5.41, 5.74) is 0. The monoisotopic (exact) mass is 203 g/mol. The Morgan fingerprint density at radius 1 is 1.85 bits per heavy atom. The zero-order valence-corrected chi connectivity index (χ0v) is 7.88. The highest BCUT2D eigenvalue weighted by atomic mass is 35.5. The summed E-state index contributed by atoms with van der Waals surface area (Å²) in [6, 6.07) is 0. The standard InChI is InChI=1S/C7H10ClN3O2/c1-11-5(8)2-10-6(11)3-9-4-7(12)13/h2,9H,3-4H2,1H3,(H,12,13). The van der Waals surface area contributed by atoms with Gasteiger partial charge in [0, 0.05) is 7.05 Å². The molecule has 1 aromatic heterocycles. The van der Waals surface area contributed by atoms with Crippen molar-refractivity contribution in [1.82, 2.24) is 14.9 Å². The van der Waals surface area contributed by atoms with Crippen LogP contribution in [0.25, 0.3) is 0 Å².